The van der Waals surface area contributed by atoms with Crippen LogP contribution in [0.2, 0.25) is 0 Å². The van der Waals surface area contributed by atoms with Gasteiger partial charge in [-0.1, -0.05) is 15.9 Å². The topological polar surface area (TPSA) is 34.1 Å². The van der Waals surface area contributed by atoms with E-state index in [2.05, 4.69) is 15.9 Å². The average molecular weight is 277 g/mol. The summed E-state index contributed by atoms with van der Waals surface area (Å²) in [5.74, 6) is -0.485. The molecule has 0 bridgehead atoms. The van der Waals surface area contributed by atoms with Gasteiger partial charge >= 0.3 is 0 Å². The Morgan fingerprint density at radius 1 is 1.47 bits per heavy atom. The van der Waals surface area contributed by atoms with Crippen molar-refractivity contribution < 1.29 is 18.4 Å². The molecular formula is C10H7BrF2O2. The highest BCUT2D eigenvalue weighted by molar-refractivity contribution is 9.10. The van der Waals surface area contributed by atoms with Crippen LogP contribution in [-0.4, -0.2) is 12.1 Å². The van der Waals surface area contributed by atoms with E-state index in [1.165, 1.54) is 19.1 Å². The molecule has 1 aromatic carbocycles. The molecule has 0 heterocycles. The van der Waals surface area contributed by atoms with Crippen molar-refractivity contribution in [1.29, 1.82) is 0 Å². The standard InChI is InChI=1S/C10H7BrF2O2/c1-5(15)6-2-3-8(11)7(4-14)9(6)10(12)13/h2-4,10H,1H3. The second kappa shape index (κ2) is 4.61. The first-order valence-corrected chi connectivity index (χ1v) is 4.85. The van der Waals surface area contributed by atoms with Crippen molar-refractivity contribution in [3.63, 3.8) is 0 Å². The van der Waals surface area contributed by atoms with E-state index in [4.69, 9.17) is 0 Å². The van der Waals surface area contributed by atoms with Crippen LogP contribution in [0.4, 0.5) is 8.78 Å². The van der Waals surface area contributed by atoms with Gasteiger partial charge in [-0.2, -0.15) is 0 Å². The zero-order chi connectivity index (χ0) is 11.6. The largest absolute Gasteiger partial charge is 0.298 e. The number of rotatable bonds is 3. The SMILES string of the molecule is CC(=O)c1ccc(Br)c(C=O)c1C(F)F. The van der Waals surface area contributed by atoms with Gasteiger partial charge in [0, 0.05) is 21.2 Å². The number of alkyl halides is 2. The molecule has 0 aliphatic rings. The maximum Gasteiger partial charge on any atom is 0.265 e. The Morgan fingerprint density at radius 3 is 2.47 bits per heavy atom. The number of Topliss-reactive ketones (excluding diaryl/α,β-unsaturated/α-hetero) is 1. The summed E-state index contributed by atoms with van der Waals surface area (Å²) in [5.41, 5.74) is -0.792. The Bertz CT molecular complexity index is 416. The molecule has 0 fully saturated rings. The van der Waals surface area contributed by atoms with E-state index in [0.717, 1.165) is 0 Å². The van der Waals surface area contributed by atoms with Gasteiger partial charge in [-0.05, 0) is 19.1 Å². The van der Waals surface area contributed by atoms with Crippen LogP contribution in [-0.2, 0) is 0 Å². The molecule has 0 radical (unpaired) electrons. The third-order valence-electron chi connectivity index (χ3n) is 1.95. The molecule has 5 heteroatoms. The van der Waals surface area contributed by atoms with E-state index >= 15 is 0 Å². The summed E-state index contributed by atoms with van der Waals surface area (Å²) in [6.45, 7) is 1.18. The number of ketones is 1. The Hall–Kier alpha value is -1.10. The van der Waals surface area contributed by atoms with Crippen LogP contribution in [0.25, 0.3) is 0 Å². The highest BCUT2D eigenvalue weighted by Gasteiger charge is 2.21. The van der Waals surface area contributed by atoms with Crippen LogP contribution >= 0.6 is 15.9 Å². The zero-order valence-electron chi connectivity index (χ0n) is 7.76. The molecular weight excluding hydrogens is 270 g/mol. The molecule has 0 aliphatic carbocycles. The minimum atomic E-state index is -2.85. The lowest BCUT2D eigenvalue weighted by atomic mass is 9.99. The third kappa shape index (κ3) is 2.28. The summed E-state index contributed by atoms with van der Waals surface area (Å²) >= 11 is 2.98. The van der Waals surface area contributed by atoms with E-state index in [1.54, 1.807) is 0 Å². The molecule has 0 amide bonds. The van der Waals surface area contributed by atoms with Gasteiger partial charge in [0.1, 0.15) is 0 Å². The second-order valence-corrected chi connectivity index (χ2v) is 3.75. The van der Waals surface area contributed by atoms with Crippen molar-refractivity contribution in [1.82, 2.24) is 0 Å². The molecule has 1 aromatic rings. The predicted molar refractivity (Wildman–Crippen MR) is 54.5 cm³/mol. The van der Waals surface area contributed by atoms with Crippen molar-refractivity contribution >= 4 is 28.0 Å². The second-order valence-electron chi connectivity index (χ2n) is 2.90. The van der Waals surface area contributed by atoms with Crippen LogP contribution in [0, 0.1) is 0 Å². The number of hydrogen-bond acceptors (Lipinski definition) is 2. The monoisotopic (exact) mass is 276 g/mol. The van der Waals surface area contributed by atoms with E-state index in [-0.39, 0.29) is 15.6 Å². The molecule has 0 N–H and O–H groups in total. The molecule has 0 saturated heterocycles. The number of aldehydes is 1. The Kier molecular flexibility index (Phi) is 3.68. The van der Waals surface area contributed by atoms with Gasteiger partial charge in [-0.3, -0.25) is 9.59 Å². The molecule has 0 unspecified atom stereocenters. The van der Waals surface area contributed by atoms with Gasteiger partial charge < -0.3 is 0 Å². The van der Waals surface area contributed by atoms with Gasteiger partial charge in [0.05, 0.1) is 0 Å². The summed E-state index contributed by atoms with van der Waals surface area (Å²) in [4.78, 5) is 21.7. The Labute approximate surface area is 93.4 Å². The van der Waals surface area contributed by atoms with Gasteiger partial charge in [0.2, 0.25) is 0 Å². The predicted octanol–water partition coefficient (Wildman–Crippen LogP) is 3.40. The normalized spacial score (nSPS) is 10.5. The number of carbonyl (C=O) groups is 2. The molecule has 0 atom stereocenters. The van der Waals surface area contributed by atoms with Crippen LogP contribution < -0.4 is 0 Å². The molecule has 0 spiro atoms. The van der Waals surface area contributed by atoms with Gasteiger partial charge in [-0.15, -0.1) is 0 Å². The molecule has 2 nitrogen and oxygen atoms in total. The lowest BCUT2D eigenvalue weighted by Gasteiger charge is -2.10. The Balaban J connectivity index is 3.56. The quantitative estimate of drug-likeness (QED) is 0.626. The summed E-state index contributed by atoms with van der Waals surface area (Å²) in [7, 11) is 0. The lowest BCUT2D eigenvalue weighted by Crippen LogP contribution is -2.05. The first-order valence-electron chi connectivity index (χ1n) is 4.05. The van der Waals surface area contributed by atoms with Gasteiger partial charge in [0.25, 0.3) is 6.43 Å². The van der Waals surface area contributed by atoms with Crippen LogP contribution in [0.15, 0.2) is 16.6 Å². The molecule has 0 aromatic heterocycles. The van der Waals surface area contributed by atoms with Gasteiger partial charge in [0.15, 0.2) is 12.1 Å². The summed E-state index contributed by atoms with van der Waals surface area (Å²) in [6, 6.07) is 2.69. The first-order chi connectivity index (χ1) is 6.99. The van der Waals surface area contributed by atoms with Crippen LogP contribution in [0.5, 0.6) is 0 Å². The van der Waals surface area contributed by atoms with Gasteiger partial charge in [-0.25, -0.2) is 8.78 Å². The molecule has 80 valence electrons. The average Bonchev–Trinajstić information content (AvgIpc) is 2.16. The minimum absolute atomic E-state index is 0.115. The molecule has 15 heavy (non-hydrogen) atoms. The van der Waals surface area contributed by atoms with E-state index in [0.29, 0.717) is 6.29 Å². The van der Waals surface area contributed by atoms with Crippen LogP contribution in [0.3, 0.4) is 0 Å². The summed E-state index contributed by atoms with van der Waals surface area (Å²) < 4.78 is 25.6. The molecule has 0 saturated carbocycles. The highest BCUT2D eigenvalue weighted by Crippen LogP contribution is 2.31. The summed E-state index contributed by atoms with van der Waals surface area (Å²) in [6.07, 6.45) is -2.53. The zero-order valence-corrected chi connectivity index (χ0v) is 9.35. The third-order valence-corrected chi connectivity index (χ3v) is 2.64. The van der Waals surface area contributed by atoms with E-state index in [1.807, 2.05) is 0 Å². The van der Waals surface area contributed by atoms with Crippen molar-refractivity contribution in [2.75, 3.05) is 0 Å². The maximum absolute atomic E-state index is 12.7. The smallest absolute Gasteiger partial charge is 0.265 e. The Morgan fingerprint density at radius 2 is 2.07 bits per heavy atom. The van der Waals surface area contributed by atoms with Crippen molar-refractivity contribution in [2.45, 2.75) is 13.3 Å². The van der Waals surface area contributed by atoms with E-state index < -0.39 is 17.8 Å². The van der Waals surface area contributed by atoms with Crippen molar-refractivity contribution in [3.05, 3.63) is 33.3 Å². The number of carbonyl (C=O) groups excluding carboxylic acids is 2. The number of hydrogen-bond donors (Lipinski definition) is 0. The summed E-state index contributed by atoms with van der Waals surface area (Å²) in [5, 5.41) is 0. The highest BCUT2D eigenvalue weighted by atomic mass is 79.9. The van der Waals surface area contributed by atoms with E-state index in [9.17, 15) is 18.4 Å². The van der Waals surface area contributed by atoms with Crippen molar-refractivity contribution in [3.8, 4) is 0 Å². The molecule has 1 rings (SSSR count). The fraction of sp³-hybridized carbons (Fsp3) is 0.200. The lowest BCUT2D eigenvalue weighted by molar-refractivity contribution is 0.0997. The molecule has 0 aliphatic heterocycles. The minimum Gasteiger partial charge on any atom is -0.298 e. The first kappa shape index (κ1) is 12.0. The maximum atomic E-state index is 12.7. The van der Waals surface area contributed by atoms with Crippen LogP contribution in [0.1, 0.15) is 39.6 Å². The number of benzene rings is 1. The van der Waals surface area contributed by atoms with Crippen molar-refractivity contribution in [2.24, 2.45) is 0 Å². The number of halogens is 3. The fourth-order valence-corrected chi connectivity index (χ4v) is 1.71. The fourth-order valence-electron chi connectivity index (χ4n) is 1.27.